The van der Waals surface area contributed by atoms with E-state index in [0.717, 1.165) is 0 Å². The first-order chi connectivity index (χ1) is 16.0. The predicted octanol–water partition coefficient (Wildman–Crippen LogP) is 2.81. The van der Waals surface area contributed by atoms with Gasteiger partial charge in [0.15, 0.2) is 11.5 Å². The lowest BCUT2D eigenvalue weighted by atomic mass is 10.1. The summed E-state index contributed by atoms with van der Waals surface area (Å²) in [5, 5.41) is 18.2. The number of aromatic hydroxyl groups is 1. The maximum Gasteiger partial charge on any atom is 0.267 e. The largest absolute Gasteiger partial charge is 0.507 e. The van der Waals surface area contributed by atoms with Crippen LogP contribution in [0.3, 0.4) is 0 Å². The molecule has 0 aliphatic carbocycles. The highest BCUT2D eigenvalue weighted by molar-refractivity contribution is 6.04. The van der Waals surface area contributed by atoms with E-state index in [9.17, 15) is 14.7 Å². The quantitative estimate of drug-likeness (QED) is 0.394. The highest BCUT2D eigenvalue weighted by atomic mass is 16.3. The molecule has 0 spiro atoms. The zero-order chi connectivity index (χ0) is 23.1. The van der Waals surface area contributed by atoms with Crippen LogP contribution < -0.4 is 16.6 Å². The van der Waals surface area contributed by atoms with Crippen LogP contribution in [-0.4, -0.2) is 30.2 Å². The van der Waals surface area contributed by atoms with Crippen LogP contribution in [0.5, 0.6) is 5.75 Å². The van der Waals surface area contributed by atoms with E-state index in [1.165, 1.54) is 15.1 Å². The molecular weight excluding hydrogens is 420 g/mol. The van der Waals surface area contributed by atoms with Crippen molar-refractivity contribution in [3.63, 3.8) is 0 Å². The molecule has 3 aromatic heterocycles. The number of nitrogens with two attached hydrogens (primary N) is 1. The Labute approximate surface area is 187 Å². The average molecular weight is 440 g/mol. The van der Waals surface area contributed by atoms with E-state index in [-0.39, 0.29) is 28.1 Å². The number of hydrogen-bond acceptors (Lipinski definition) is 6. The third-order valence-corrected chi connectivity index (χ3v) is 5.51. The second-order valence-corrected chi connectivity index (χ2v) is 7.63. The first-order valence-electron chi connectivity index (χ1n) is 10.3. The number of benzene rings is 2. The Hall–Kier alpha value is -4.66. The van der Waals surface area contributed by atoms with Gasteiger partial charge in [-0.25, -0.2) is 9.50 Å². The van der Waals surface area contributed by atoms with Crippen LogP contribution in [0, 0.1) is 0 Å². The van der Waals surface area contributed by atoms with Crippen molar-refractivity contribution in [3.05, 3.63) is 94.7 Å². The summed E-state index contributed by atoms with van der Waals surface area (Å²) in [5.74, 6) is -0.505. The Morgan fingerprint density at radius 2 is 1.91 bits per heavy atom. The third kappa shape index (κ3) is 3.35. The fourth-order valence-corrected chi connectivity index (χ4v) is 3.99. The minimum absolute atomic E-state index is 0.0577. The van der Waals surface area contributed by atoms with Crippen LogP contribution in [0.15, 0.2) is 77.9 Å². The number of nitrogen functional groups attached to an aromatic ring is 1. The molecule has 33 heavy (non-hydrogen) atoms. The monoisotopic (exact) mass is 440 g/mol. The van der Waals surface area contributed by atoms with Gasteiger partial charge in [0, 0.05) is 23.8 Å². The second kappa shape index (κ2) is 7.79. The number of phenolic OH excluding ortho intramolecular Hbond substituents is 1. The van der Waals surface area contributed by atoms with Gasteiger partial charge in [0.05, 0.1) is 11.4 Å². The molecule has 1 atom stereocenters. The zero-order valence-electron chi connectivity index (χ0n) is 17.6. The van der Waals surface area contributed by atoms with Gasteiger partial charge in [0.25, 0.3) is 11.5 Å². The number of hydrogen-bond donors (Lipinski definition) is 3. The lowest BCUT2D eigenvalue weighted by Gasteiger charge is -2.21. The highest BCUT2D eigenvalue weighted by Crippen LogP contribution is 2.26. The molecule has 5 aromatic rings. The van der Waals surface area contributed by atoms with Crippen molar-refractivity contribution in [2.75, 3.05) is 5.73 Å². The third-order valence-electron chi connectivity index (χ3n) is 5.51. The normalized spacial score (nSPS) is 12.2. The number of nitrogens with zero attached hydrogens (tertiary/aromatic N) is 4. The lowest BCUT2D eigenvalue weighted by Crippen LogP contribution is -2.32. The summed E-state index contributed by atoms with van der Waals surface area (Å²) in [5.41, 5.74) is 7.26. The molecule has 0 saturated carbocycles. The van der Waals surface area contributed by atoms with E-state index in [4.69, 9.17) is 5.73 Å². The number of amides is 1. The number of carbonyl (C=O) groups excluding carboxylic acids is 1. The van der Waals surface area contributed by atoms with Gasteiger partial charge in [-0.2, -0.15) is 0 Å². The van der Waals surface area contributed by atoms with Crippen LogP contribution in [0.25, 0.3) is 22.1 Å². The van der Waals surface area contributed by atoms with Crippen molar-refractivity contribution < 1.29 is 9.90 Å². The second-order valence-electron chi connectivity index (χ2n) is 7.63. The number of anilines is 1. The molecule has 164 valence electrons. The molecule has 0 unspecified atom stereocenters. The lowest BCUT2D eigenvalue weighted by molar-refractivity contribution is 0.0941. The first-order valence-corrected chi connectivity index (χ1v) is 10.3. The highest BCUT2D eigenvalue weighted by Gasteiger charge is 2.23. The van der Waals surface area contributed by atoms with Gasteiger partial charge in [0.1, 0.15) is 11.3 Å². The number of rotatable bonds is 4. The van der Waals surface area contributed by atoms with Crippen molar-refractivity contribution in [3.8, 4) is 11.4 Å². The van der Waals surface area contributed by atoms with Gasteiger partial charge < -0.3 is 16.2 Å². The van der Waals surface area contributed by atoms with E-state index in [0.29, 0.717) is 22.4 Å². The number of pyridine rings is 1. The molecule has 0 saturated heterocycles. The van der Waals surface area contributed by atoms with Crippen LogP contribution in [0.2, 0.25) is 0 Å². The summed E-state index contributed by atoms with van der Waals surface area (Å²) >= 11 is 0. The number of para-hydroxylation sites is 1. The average Bonchev–Trinajstić information content (AvgIpc) is 3.15. The molecule has 3 heterocycles. The standard InChI is InChI=1S/C24H20N6O3/c1-14(27-23(32)20-21(25)28-29-12-6-11-26-22(20)29)17-13-15-7-5-10-18(31)19(15)24(33)30(17)16-8-3-2-4-9-16/h2-14,31H,1H3,(H2,25,28)(H,27,32)/t14-/m0/s1. The Kier molecular flexibility index (Phi) is 4.78. The maximum atomic E-state index is 13.5. The van der Waals surface area contributed by atoms with Gasteiger partial charge in [-0.1, -0.05) is 30.3 Å². The van der Waals surface area contributed by atoms with Crippen molar-refractivity contribution in [2.45, 2.75) is 13.0 Å². The Balaban J connectivity index is 1.64. The van der Waals surface area contributed by atoms with Crippen LogP contribution >= 0.6 is 0 Å². The van der Waals surface area contributed by atoms with Gasteiger partial charge >= 0.3 is 0 Å². The summed E-state index contributed by atoms with van der Waals surface area (Å²) in [6, 6.07) is 16.8. The van der Waals surface area contributed by atoms with Crippen LogP contribution in [0.4, 0.5) is 5.82 Å². The topological polar surface area (TPSA) is 128 Å². The SMILES string of the molecule is C[C@H](NC(=O)c1c(N)nn2cccnc12)c1cc2cccc(O)c2c(=O)n1-c1ccccc1. The van der Waals surface area contributed by atoms with Crippen molar-refractivity contribution in [1.29, 1.82) is 0 Å². The molecule has 0 radical (unpaired) electrons. The number of carbonyl (C=O) groups is 1. The Morgan fingerprint density at radius 1 is 1.12 bits per heavy atom. The molecule has 0 bridgehead atoms. The Morgan fingerprint density at radius 3 is 2.70 bits per heavy atom. The molecular formula is C24H20N6O3. The van der Waals surface area contributed by atoms with Crippen molar-refractivity contribution in [2.24, 2.45) is 0 Å². The fraction of sp³-hybridized carbons (Fsp3) is 0.0833. The summed E-state index contributed by atoms with van der Waals surface area (Å²) in [6.45, 7) is 1.77. The molecule has 5 rings (SSSR count). The molecule has 2 aromatic carbocycles. The molecule has 1 amide bonds. The zero-order valence-corrected chi connectivity index (χ0v) is 17.6. The summed E-state index contributed by atoms with van der Waals surface area (Å²) in [6.07, 6.45) is 3.21. The van der Waals surface area contributed by atoms with E-state index in [2.05, 4.69) is 15.4 Å². The number of aromatic nitrogens is 4. The minimum Gasteiger partial charge on any atom is -0.507 e. The fourth-order valence-electron chi connectivity index (χ4n) is 3.99. The van der Waals surface area contributed by atoms with E-state index in [1.54, 1.807) is 55.7 Å². The molecule has 9 nitrogen and oxygen atoms in total. The van der Waals surface area contributed by atoms with Gasteiger partial charge in [-0.3, -0.25) is 14.2 Å². The first kappa shape index (κ1) is 20.3. The Bertz CT molecular complexity index is 1570. The predicted molar refractivity (Wildman–Crippen MR) is 124 cm³/mol. The molecule has 0 fully saturated rings. The molecule has 0 aliphatic rings. The molecule has 0 aliphatic heterocycles. The molecule has 4 N–H and O–H groups in total. The smallest absolute Gasteiger partial charge is 0.267 e. The minimum atomic E-state index is -0.588. The van der Waals surface area contributed by atoms with Gasteiger partial charge in [-0.15, -0.1) is 5.10 Å². The maximum absolute atomic E-state index is 13.5. The number of phenols is 1. The molecule has 9 heteroatoms. The van der Waals surface area contributed by atoms with E-state index >= 15 is 0 Å². The number of fused-ring (bicyclic) bond motifs is 2. The van der Waals surface area contributed by atoms with Crippen molar-refractivity contribution in [1.82, 2.24) is 24.5 Å². The van der Waals surface area contributed by atoms with Gasteiger partial charge in [0.2, 0.25) is 0 Å². The van der Waals surface area contributed by atoms with E-state index in [1.807, 2.05) is 18.2 Å². The van der Waals surface area contributed by atoms with Crippen LogP contribution in [0.1, 0.15) is 29.0 Å². The summed E-state index contributed by atoms with van der Waals surface area (Å²) in [4.78, 5) is 30.8. The summed E-state index contributed by atoms with van der Waals surface area (Å²) in [7, 11) is 0. The van der Waals surface area contributed by atoms with Crippen molar-refractivity contribution >= 4 is 28.1 Å². The van der Waals surface area contributed by atoms with E-state index < -0.39 is 11.9 Å². The number of nitrogens with one attached hydrogen (secondary N) is 1. The summed E-state index contributed by atoms with van der Waals surface area (Å²) < 4.78 is 2.93. The van der Waals surface area contributed by atoms with Gasteiger partial charge in [-0.05, 0) is 42.6 Å². The van der Waals surface area contributed by atoms with Crippen LogP contribution in [-0.2, 0) is 0 Å².